The minimum Gasteiger partial charge on any atom is -1.00 e. The van der Waals surface area contributed by atoms with Crippen LogP contribution in [0.15, 0.2) is 17.7 Å². The molecule has 7 heavy (non-hydrogen) atoms. The molecular weight excluding hydrogens is 163 g/mol. The van der Waals surface area contributed by atoms with E-state index in [9.17, 15) is 0 Å². The number of hydrogen-bond donors (Lipinski definition) is 0. The van der Waals surface area contributed by atoms with Crippen LogP contribution in [0, 0.1) is 6.08 Å². The monoisotopic (exact) mass is 171 g/mol. The van der Waals surface area contributed by atoms with Crippen molar-refractivity contribution in [2.24, 2.45) is 0 Å². The van der Waals surface area contributed by atoms with Gasteiger partial charge in [0.25, 0.3) is 0 Å². The second kappa shape index (κ2) is 3.38. The Hall–Kier alpha value is 0.363. The quantitative estimate of drug-likeness (QED) is 0.490. The van der Waals surface area contributed by atoms with Gasteiger partial charge in [0.15, 0.2) is 0 Å². The van der Waals surface area contributed by atoms with E-state index in [0.717, 1.165) is 6.42 Å². The van der Waals surface area contributed by atoms with Crippen LogP contribution in [-0.4, -0.2) is 0 Å². The fourth-order valence-corrected chi connectivity index (χ4v) is 0.515. The Labute approximate surface area is 66.4 Å². The van der Waals surface area contributed by atoms with Crippen LogP contribution < -0.4 is 0 Å². The molecule has 0 saturated heterocycles. The van der Waals surface area contributed by atoms with E-state index in [1.807, 2.05) is 0 Å². The molecule has 0 saturated carbocycles. The summed E-state index contributed by atoms with van der Waals surface area (Å²) in [6, 6.07) is 0. The molecule has 0 atom stereocenters. The zero-order chi connectivity index (χ0) is 4.41. The molecule has 0 amide bonds. The summed E-state index contributed by atoms with van der Waals surface area (Å²) >= 11 is 0. The summed E-state index contributed by atoms with van der Waals surface area (Å²) < 4.78 is 0. The summed E-state index contributed by atoms with van der Waals surface area (Å²) in [5.74, 6) is 0. The molecule has 37 valence electrons. The van der Waals surface area contributed by atoms with Crippen molar-refractivity contribution in [1.29, 1.82) is 0 Å². The first-order valence-electron chi connectivity index (χ1n) is 2.13. The first-order chi connectivity index (χ1) is 2.89. The van der Waals surface area contributed by atoms with Gasteiger partial charge in [0.2, 0.25) is 0 Å². The number of hydrogen-bond acceptors (Lipinski definition) is 0. The maximum Gasteiger partial charge on any atom is 3.00 e. The van der Waals surface area contributed by atoms with Gasteiger partial charge in [-0.2, -0.15) is 6.08 Å². The van der Waals surface area contributed by atoms with Crippen molar-refractivity contribution in [2.75, 3.05) is 0 Å². The van der Waals surface area contributed by atoms with Crippen LogP contribution in [0.1, 0.15) is 16.2 Å². The van der Waals surface area contributed by atoms with E-state index in [4.69, 9.17) is 0 Å². The van der Waals surface area contributed by atoms with Gasteiger partial charge >= 0.3 is 26.2 Å². The standard InChI is InChI=1S/C6H7.Zr.2H/c1-6-4-2-3-5-6;;;/h2,4H,3H2,1H3;;;/q-1;+3;2*-1. The number of allylic oxidation sites excluding steroid dienone is 4. The molecule has 0 N–H and O–H groups in total. The third-order valence-corrected chi connectivity index (χ3v) is 0.867. The third kappa shape index (κ3) is 2.23. The molecule has 0 fully saturated rings. The van der Waals surface area contributed by atoms with Gasteiger partial charge in [-0.05, 0) is 0 Å². The SMILES string of the molecule is CC1=[C-]CC=C1.[H-].[H-].[Zr+3]. The fourth-order valence-electron chi connectivity index (χ4n) is 0.515. The summed E-state index contributed by atoms with van der Waals surface area (Å²) in [6.45, 7) is 2.06. The van der Waals surface area contributed by atoms with Gasteiger partial charge in [-0.1, -0.05) is 6.92 Å². The van der Waals surface area contributed by atoms with E-state index >= 15 is 0 Å². The Balaban J connectivity index is -0.000000120. The van der Waals surface area contributed by atoms with Crippen LogP contribution in [0.4, 0.5) is 0 Å². The Bertz CT molecular complexity index is 105. The van der Waals surface area contributed by atoms with Gasteiger partial charge in [0.1, 0.15) is 0 Å². The van der Waals surface area contributed by atoms with Gasteiger partial charge in [0, 0.05) is 0 Å². The van der Waals surface area contributed by atoms with Crippen molar-refractivity contribution in [1.82, 2.24) is 0 Å². The number of rotatable bonds is 0. The molecule has 0 aromatic heterocycles. The average Bonchev–Trinajstić information content (AvgIpc) is 1.86. The summed E-state index contributed by atoms with van der Waals surface area (Å²) in [4.78, 5) is 0. The topological polar surface area (TPSA) is 0 Å². The van der Waals surface area contributed by atoms with Crippen LogP contribution in [0.25, 0.3) is 0 Å². The van der Waals surface area contributed by atoms with E-state index in [1.165, 1.54) is 5.57 Å². The summed E-state index contributed by atoms with van der Waals surface area (Å²) in [5, 5.41) is 0. The molecule has 0 nitrogen and oxygen atoms in total. The second-order valence-corrected chi connectivity index (χ2v) is 1.47. The molecule has 1 aliphatic rings. The summed E-state index contributed by atoms with van der Waals surface area (Å²) in [5.41, 5.74) is 1.27. The normalized spacial score (nSPS) is 15.9. The summed E-state index contributed by atoms with van der Waals surface area (Å²) in [6.07, 6.45) is 8.33. The molecular formula is C6H9Zr. The molecule has 0 unspecified atom stereocenters. The first-order valence-corrected chi connectivity index (χ1v) is 2.13. The molecule has 0 heterocycles. The van der Waals surface area contributed by atoms with E-state index in [2.05, 4.69) is 25.2 Å². The van der Waals surface area contributed by atoms with Crippen molar-refractivity contribution in [3.05, 3.63) is 23.8 Å². The van der Waals surface area contributed by atoms with Crippen molar-refractivity contribution in [3.8, 4) is 0 Å². The van der Waals surface area contributed by atoms with Crippen LogP contribution in [-0.2, 0) is 26.2 Å². The Kier molecular flexibility index (Phi) is 3.55. The molecule has 0 spiro atoms. The van der Waals surface area contributed by atoms with Gasteiger partial charge in [0.05, 0.1) is 0 Å². The largest absolute Gasteiger partial charge is 3.00 e. The maximum absolute atomic E-state index is 3.12. The maximum atomic E-state index is 3.12. The minimum absolute atomic E-state index is 0. The molecule has 1 aliphatic carbocycles. The fraction of sp³-hybridized carbons (Fsp3) is 0.333. The zero-order valence-electron chi connectivity index (χ0n) is 6.36. The van der Waals surface area contributed by atoms with Crippen LogP contribution in [0.5, 0.6) is 0 Å². The van der Waals surface area contributed by atoms with E-state index in [0.29, 0.717) is 0 Å². The van der Waals surface area contributed by atoms with E-state index < -0.39 is 0 Å². The van der Waals surface area contributed by atoms with Crippen molar-refractivity contribution < 1.29 is 29.1 Å². The van der Waals surface area contributed by atoms with Crippen LogP contribution >= 0.6 is 0 Å². The van der Waals surface area contributed by atoms with Gasteiger partial charge in [-0.15, -0.1) is 6.42 Å². The van der Waals surface area contributed by atoms with Crippen LogP contribution in [0.2, 0.25) is 0 Å². The average molecular weight is 172 g/mol. The molecule has 0 aromatic carbocycles. The smallest absolute Gasteiger partial charge is 1.00 e. The molecule has 1 heteroatoms. The first kappa shape index (κ1) is 7.36. The predicted molar refractivity (Wildman–Crippen MR) is 28.4 cm³/mol. The third-order valence-electron chi connectivity index (χ3n) is 0.867. The Morgan fingerprint density at radius 1 is 1.86 bits per heavy atom. The molecule has 1 radical (unpaired) electrons. The van der Waals surface area contributed by atoms with Gasteiger partial charge in [-0.3, -0.25) is 6.08 Å². The predicted octanol–water partition coefficient (Wildman–Crippen LogP) is 1.92. The minimum atomic E-state index is 0. The molecule has 1 rings (SSSR count). The summed E-state index contributed by atoms with van der Waals surface area (Å²) in [7, 11) is 0. The molecule has 0 aromatic rings. The second-order valence-electron chi connectivity index (χ2n) is 1.47. The Morgan fingerprint density at radius 3 is 2.71 bits per heavy atom. The Morgan fingerprint density at radius 2 is 2.57 bits per heavy atom. The van der Waals surface area contributed by atoms with E-state index in [-0.39, 0.29) is 29.1 Å². The molecule has 0 bridgehead atoms. The van der Waals surface area contributed by atoms with Gasteiger partial charge < -0.3 is 2.85 Å². The van der Waals surface area contributed by atoms with Crippen molar-refractivity contribution in [2.45, 2.75) is 13.3 Å². The van der Waals surface area contributed by atoms with Gasteiger partial charge in [-0.25, -0.2) is 11.6 Å². The van der Waals surface area contributed by atoms with Crippen LogP contribution in [0.3, 0.4) is 0 Å². The molecule has 0 aliphatic heterocycles. The van der Waals surface area contributed by atoms with Crippen molar-refractivity contribution >= 4 is 0 Å². The zero-order valence-corrected chi connectivity index (χ0v) is 6.82. The van der Waals surface area contributed by atoms with Crippen molar-refractivity contribution in [3.63, 3.8) is 0 Å². The van der Waals surface area contributed by atoms with E-state index in [1.54, 1.807) is 0 Å².